The first-order chi connectivity index (χ1) is 8.20. The van der Waals surface area contributed by atoms with Crippen molar-refractivity contribution >= 4 is 5.69 Å². The van der Waals surface area contributed by atoms with Crippen LogP contribution in [-0.2, 0) is 7.05 Å². The first-order valence-corrected chi connectivity index (χ1v) is 5.44. The molecule has 1 N–H and O–H groups in total. The summed E-state index contributed by atoms with van der Waals surface area (Å²) < 4.78 is 7.00. The van der Waals surface area contributed by atoms with Crippen molar-refractivity contribution < 1.29 is 4.74 Å². The van der Waals surface area contributed by atoms with Crippen LogP contribution in [0.2, 0.25) is 0 Å². The van der Waals surface area contributed by atoms with E-state index in [0.29, 0.717) is 5.88 Å². The summed E-state index contributed by atoms with van der Waals surface area (Å²) in [6, 6.07) is 3.89. The molecule has 0 aliphatic carbocycles. The normalized spacial score (nSPS) is 12.2. The molecule has 5 heteroatoms. The Morgan fingerprint density at radius 2 is 2.18 bits per heavy atom. The number of imidazole rings is 1. The van der Waals surface area contributed by atoms with E-state index >= 15 is 0 Å². The topological polar surface area (TPSA) is 52.0 Å². The maximum Gasteiger partial charge on any atom is 0.213 e. The number of nitrogens with zero attached hydrogens (tertiary/aromatic N) is 3. The van der Waals surface area contributed by atoms with E-state index in [2.05, 4.69) is 22.2 Å². The summed E-state index contributed by atoms with van der Waals surface area (Å²) in [7, 11) is 3.58. The molecule has 0 aromatic carbocycles. The van der Waals surface area contributed by atoms with Crippen LogP contribution in [0.15, 0.2) is 30.7 Å². The van der Waals surface area contributed by atoms with E-state index in [0.717, 1.165) is 11.5 Å². The Bertz CT molecular complexity index is 478. The number of hydrogen-bond donors (Lipinski definition) is 1. The zero-order valence-electron chi connectivity index (χ0n) is 10.2. The van der Waals surface area contributed by atoms with Crippen LogP contribution in [0.4, 0.5) is 5.69 Å². The molecule has 1 unspecified atom stereocenters. The smallest absolute Gasteiger partial charge is 0.213 e. The maximum atomic E-state index is 5.01. The second kappa shape index (κ2) is 4.86. The van der Waals surface area contributed by atoms with Crippen LogP contribution >= 0.6 is 0 Å². The molecule has 0 saturated heterocycles. The predicted molar refractivity (Wildman–Crippen MR) is 66.0 cm³/mol. The van der Waals surface area contributed by atoms with Gasteiger partial charge in [-0.05, 0) is 13.0 Å². The van der Waals surface area contributed by atoms with Crippen LogP contribution in [0, 0.1) is 0 Å². The lowest BCUT2D eigenvalue weighted by Crippen LogP contribution is -2.11. The van der Waals surface area contributed by atoms with Crippen molar-refractivity contribution in [3.8, 4) is 5.88 Å². The zero-order valence-corrected chi connectivity index (χ0v) is 10.2. The molecule has 0 radical (unpaired) electrons. The number of rotatable bonds is 4. The average Bonchev–Trinajstić information content (AvgIpc) is 2.76. The van der Waals surface area contributed by atoms with Gasteiger partial charge in [-0.2, -0.15) is 0 Å². The number of anilines is 1. The molecule has 0 spiro atoms. The van der Waals surface area contributed by atoms with Gasteiger partial charge in [-0.25, -0.2) is 9.97 Å². The fourth-order valence-electron chi connectivity index (χ4n) is 1.70. The Balaban J connectivity index is 2.07. The van der Waals surface area contributed by atoms with Crippen LogP contribution in [-0.4, -0.2) is 21.6 Å². The number of aryl methyl sites for hydroxylation is 1. The van der Waals surface area contributed by atoms with Gasteiger partial charge in [-0.3, -0.25) is 0 Å². The van der Waals surface area contributed by atoms with E-state index in [1.165, 1.54) is 0 Å². The Morgan fingerprint density at radius 3 is 2.71 bits per heavy atom. The van der Waals surface area contributed by atoms with E-state index in [-0.39, 0.29) is 6.04 Å². The molecule has 2 aromatic rings. The number of ether oxygens (including phenoxy) is 1. The summed E-state index contributed by atoms with van der Waals surface area (Å²) >= 11 is 0. The van der Waals surface area contributed by atoms with E-state index in [4.69, 9.17) is 4.74 Å². The summed E-state index contributed by atoms with van der Waals surface area (Å²) in [6.07, 6.45) is 5.47. The Hall–Kier alpha value is -2.04. The molecule has 2 rings (SSSR count). The van der Waals surface area contributed by atoms with Crippen LogP contribution in [0.5, 0.6) is 5.88 Å². The number of aromatic nitrogens is 3. The SMILES string of the molecule is COc1ccc(NC(C)c2nccn2C)cn1. The molecule has 5 nitrogen and oxygen atoms in total. The van der Waals surface area contributed by atoms with Gasteiger partial charge in [-0.1, -0.05) is 0 Å². The van der Waals surface area contributed by atoms with Crippen molar-refractivity contribution in [2.24, 2.45) is 7.05 Å². The highest BCUT2D eigenvalue weighted by atomic mass is 16.5. The molecule has 1 atom stereocenters. The van der Waals surface area contributed by atoms with Crippen LogP contribution in [0.1, 0.15) is 18.8 Å². The molecular weight excluding hydrogens is 216 g/mol. The van der Waals surface area contributed by atoms with Crippen molar-refractivity contribution in [3.05, 3.63) is 36.5 Å². The predicted octanol–water partition coefficient (Wildman–Crippen LogP) is 2.00. The molecule has 0 aliphatic rings. The third-order valence-electron chi connectivity index (χ3n) is 2.57. The van der Waals surface area contributed by atoms with Gasteiger partial charge in [-0.15, -0.1) is 0 Å². The van der Waals surface area contributed by atoms with Crippen LogP contribution < -0.4 is 10.1 Å². The zero-order chi connectivity index (χ0) is 12.3. The summed E-state index contributed by atoms with van der Waals surface area (Å²) in [5, 5.41) is 3.34. The lowest BCUT2D eigenvalue weighted by Gasteiger charge is -2.14. The molecule has 0 saturated carbocycles. The van der Waals surface area contributed by atoms with Gasteiger partial charge in [0.05, 0.1) is 25.0 Å². The summed E-state index contributed by atoms with van der Waals surface area (Å²) in [5.41, 5.74) is 0.946. The molecule has 0 fully saturated rings. The Labute approximate surface area is 100 Å². The fourth-order valence-corrected chi connectivity index (χ4v) is 1.70. The van der Waals surface area contributed by atoms with Crippen molar-refractivity contribution in [1.29, 1.82) is 0 Å². The second-order valence-corrected chi connectivity index (χ2v) is 3.85. The number of methoxy groups -OCH3 is 1. The number of pyridine rings is 1. The first-order valence-electron chi connectivity index (χ1n) is 5.44. The highest BCUT2D eigenvalue weighted by Gasteiger charge is 2.09. The highest BCUT2D eigenvalue weighted by molar-refractivity contribution is 5.43. The van der Waals surface area contributed by atoms with Gasteiger partial charge >= 0.3 is 0 Å². The Morgan fingerprint density at radius 1 is 1.35 bits per heavy atom. The molecular formula is C12H16N4O. The molecule has 17 heavy (non-hydrogen) atoms. The van der Waals surface area contributed by atoms with Gasteiger partial charge in [0.15, 0.2) is 0 Å². The largest absolute Gasteiger partial charge is 0.481 e. The lowest BCUT2D eigenvalue weighted by molar-refractivity contribution is 0.398. The third-order valence-corrected chi connectivity index (χ3v) is 2.57. The minimum atomic E-state index is 0.130. The highest BCUT2D eigenvalue weighted by Crippen LogP contribution is 2.18. The van der Waals surface area contributed by atoms with Gasteiger partial charge < -0.3 is 14.6 Å². The molecule has 0 bridgehead atoms. The van der Waals surface area contributed by atoms with Crippen molar-refractivity contribution in [1.82, 2.24) is 14.5 Å². The van der Waals surface area contributed by atoms with E-state index in [9.17, 15) is 0 Å². The summed E-state index contributed by atoms with van der Waals surface area (Å²) in [4.78, 5) is 8.44. The fraction of sp³-hybridized carbons (Fsp3) is 0.333. The average molecular weight is 232 g/mol. The monoisotopic (exact) mass is 232 g/mol. The molecule has 2 heterocycles. The summed E-state index contributed by atoms with van der Waals surface area (Å²) in [5.74, 6) is 1.60. The molecule has 0 aliphatic heterocycles. The lowest BCUT2D eigenvalue weighted by atomic mass is 10.3. The first kappa shape index (κ1) is 11.4. The molecule has 90 valence electrons. The molecule has 2 aromatic heterocycles. The van der Waals surface area contributed by atoms with Crippen molar-refractivity contribution in [3.63, 3.8) is 0 Å². The summed E-state index contributed by atoms with van der Waals surface area (Å²) in [6.45, 7) is 2.06. The minimum absolute atomic E-state index is 0.130. The minimum Gasteiger partial charge on any atom is -0.481 e. The third kappa shape index (κ3) is 2.55. The maximum absolute atomic E-state index is 5.01. The van der Waals surface area contributed by atoms with Gasteiger partial charge in [0.1, 0.15) is 5.82 Å². The van der Waals surface area contributed by atoms with Gasteiger partial charge in [0, 0.05) is 25.5 Å². The van der Waals surface area contributed by atoms with Crippen LogP contribution in [0.3, 0.4) is 0 Å². The van der Waals surface area contributed by atoms with Crippen LogP contribution in [0.25, 0.3) is 0 Å². The number of nitrogens with one attached hydrogen (secondary N) is 1. The van der Waals surface area contributed by atoms with Gasteiger partial charge in [0.2, 0.25) is 5.88 Å². The van der Waals surface area contributed by atoms with Gasteiger partial charge in [0.25, 0.3) is 0 Å². The van der Waals surface area contributed by atoms with Crippen molar-refractivity contribution in [2.75, 3.05) is 12.4 Å². The standard InChI is InChI=1S/C12H16N4O/c1-9(12-13-6-7-16(12)2)15-10-4-5-11(17-3)14-8-10/h4-9,15H,1-3H3. The molecule has 0 amide bonds. The van der Waals surface area contributed by atoms with Crippen molar-refractivity contribution in [2.45, 2.75) is 13.0 Å². The van der Waals surface area contributed by atoms with E-state index in [1.807, 2.05) is 29.9 Å². The van der Waals surface area contributed by atoms with E-state index < -0.39 is 0 Å². The number of hydrogen-bond acceptors (Lipinski definition) is 4. The van der Waals surface area contributed by atoms with E-state index in [1.54, 1.807) is 19.5 Å². The quantitative estimate of drug-likeness (QED) is 0.876. The second-order valence-electron chi connectivity index (χ2n) is 3.85. The Kier molecular flexibility index (Phi) is 3.27.